The lowest BCUT2D eigenvalue weighted by Crippen LogP contribution is -2.23. The summed E-state index contributed by atoms with van der Waals surface area (Å²) in [5.41, 5.74) is 2.08. The highest BCUT2D eigenvalue weighted by Crippen LogP contribution is 2.31. The molecule has 0 aromatic heterocycles. The van der Waals surface area contributed by atoms with Gasteiger partial charge in [-0.25, -0.2) is 0 Å². The lowest BCUT2D eigenvalue weighted by Gasteiger charge is -2.13. The zero-order valence-corrected chi connectivity index (χ0v) is 12.8. The summed E-state index contributed by atoms with van der Waals surface area (Å²) in [6.07, 6.45) is 0.947. The van der Waals surface area contributed by atoms with Gasteiger partial charge < -0.3 is 10.1 Å². The van der Waals surface area contributed by atoms with Crippen LogP contribution in [-0.2, 0) is 6.42 Å². The fraction of sp³-hybridized carbons (Fsp3) is 0.200. The van der Waals surface area contributed by atoms with Crippen molar-refractivity contribution in [3.63, 3.8) is 0 Å². The summed E-state index contributed by atoms with van der Waals surface area (Å²) in [5.74, 6) is 0.912. The van der Waals surface area contributed by atoms with Gasteiger partial charge in [0.25, 0.3) is 0 Å². The molecule has 0 aliphatic carbocycles. The number of hydrogen-bond acceptors (Lipinski definition) is 2. The van der Waals surface area contributed by atoms with E-state index in [0.29, 0.717) is 16.6 Å². The maximum Gasteiger partial charge on any atom is 0.123 e. The molecule has 2 aromatic rings. The first-order valence-electron chi connectivity index (χ1n) is 6.26. The van der Waals surface area contributed by atoms with E-state index >= 15 is 0 Å². The van der Waals surface area contributed by atoms with E-state index in [-0.39, 0.29) is 6.10 Å². The second kappa shape index (κ2) is 5.72. The average Bonchev–Trinajstić information content (AvgIpc) is 2.82. The van der Waals surface area contributed by atoms with E-state index in [1.165, 1.54) is 0 Å². The maximum atomic E-state index is 5.98. The van der Waals surface area contributed by atoms with Gasteiger partial charge >= 0.3 is 0 Å². The van der Waals surface area contributed by atoms with Crippen molar-refractivity contribution in [2.24, 2.45) is 0 Å². The molecule has 2 aromatic carbocycles. The highest BCUT2D eigenvalue weighted by Gasteiger charge is 2.22. The summed E-state index contributed by atoms with van der Waals surface area (Å²) in [5, 5.41) is 5.14. The Bertz CT molecular complexity index is 645. The molecule has 1 heterocycles. The summed E-state index contributed by atoms with van der Waals surface area (Å²) < 4.78 is 5.86. The number of fused-ring (bicyclic) bond motifs is 1. The van der Waals surface area contributed by atoms with Crippen molar-refractivity contribution in [1.29, 1.82) is 0 Å². The van der Waals surface area contributed by atoms with E-state index < -0.39 is 0 Å². The summed E-state index contributed by atoms with van der Waals surface area (Å²) in [6, 6.07) is 11.2. The third kappa shape index (κ3) is 2.98. The summed E-state index contributed by atoms with van der Waals surface area (Å²) in [6.45, 7) is 0.699. The number of nitrogens with one attached hydrogen (secondary N) is 1. The third-order valence-corrected chi connectivity index (χ3v) is 4.19. The highest BCUT2D eigenvalue weighted by atomic mass is 35.5. The SMILES string of the molecule is Clc1ccc2c(c1)CC(CNc1ccc(Cl)c(Cl)c1)O2. The molecular weight excluding hydrogens is 317 g/mol. The predicted octanol–water partition coefficient (Wildman–Crippen LogP) is 5.06. The molecule has 0 amide bonds. The predicted molar refractivity (Wildman–Crippen MR) is 84.5 cm³/mol. The quantitative estimate of drug-likeness (QED) is 0.850. The Morgan fingerprint density at radius 1 is 1.05 bits per heavy atom. The lowest BCUT2D eigenvalue weighted by atomic mass is 10.1. The van der Waals surface area contributed by atoms with E-state index in [1.54, 1.807) is 6.07 Å². The zero-order valence-electron chi connectivity index (χ0n) is 10.5. The Labute approximate surface area is 132 Å². The molecule has 1 aliphatic rings. The first kappa shape index (κ1) is 13.9. The Hall–Kier alpha value is -1.09. The standard InChI is InChI=1S/C15H12Cl3NO/c16-10-1-4-15-9(5-10)6-12(20-15)8-19-11-2-3-13(17)14(18)7-11/h1-5,7,12,19H,6,8H2. The molecule has 3 rings (SSSR count). The molecule has 1 atom stereocenters. The van der Waals surface area contributed by atoms with Crippen molar-refractivity contribution in [3.8, 4) is 5.75 Å². The van der Waals surface area contributed by atoms with Crippen LogP contribution in [0.5, 0.6) is 5.75 Å². The van der Waals surface area contributed by atoms with Crippen LogP contribution in [0.1, 0.15) is 5.56 Å². The van der Waals surface area contributed by atoms with E-state index in [2.05, 4.69) is 5.32 Å². The molecule has 20 heavy (non-hydrogen) atoms. The molecular formula is C15H12Cl3NO. The van der Waals surface area contributed by atoms with Crippen molar-refractivity contribution in [2.45, 2.75) is 12.5 Å². The van der Waals surface area contributed by atoms with Gasteiger partial charge in [-0.1, -0.05) is 34.8 Å². The number of hydrogen-bond donors (Lipinski definition) is 1. The number of ether oxygens (including phenoxy) is 1. The van der Waals surface area contributed by atoms with Gasteiger partial charge in [0.15, 0.2) is 0 Å². The summed E-state index contributed by atoms with van der Waals surface area (Å²) in [7, 11) is 0. The van der Waals surface area contributed by atoms with E-state index in [0.717, 1.165) is 28.4 Å². The van der Waals surface area contributed by atoms with Crippen molar-refractivity contribution < 1.29 is 4.74 Å². The molecule has 1 unspecified atom stereocenters. The second-order valence-corrected chi connectivity index (χ2v) is 5.96. The Morgan fingerprint density at radius 3 is 2.70 bits per heavy atom. The fourth-order valence-corrected chi connectivity index (χ4v) is 2.73. The zero-order chi connectivity index (χ0) is 14.1. The van der Waals surface area contributed by atoms with Crippen molar-refractivity contribution in [1.82, 2.24) is 0 Å². The molecule has 1 aliphatic heterocycles. The fourth-order valence-electron chi connectivity index (χ4n) is 2.24. The van der Waals surface area contributed by atoms with Gasteiger partial charge in [-0.05, 0) is 42.0 Å². The van der Waals surface area contributed by atoms with Crippen LogP contribution in [0.15, 0.2) is 36.4 Å². The van der Waals surface area contributed by atoms with Crippen LogP contribution < -0.4 is 10.1 Å². The average molecular weight is 329 g/mol. The van der Waals surface area contributed by atoms with Gasteiger partial charge in [0.2, 0.25) is 0 Å². The topological polar surface area (TPSA) is 21.3 Å². The van der Waals surface area contributed by atoms with Crippen molar-refractivity contribution in [3.05, 3.63) is 57.0 Å². The van der Waals surface area contributed by atoms with E-state index in [9.17, 15) is 0 Å². The third-order valence-electron chi connectivity index (χ3n) is 3.22. The van der Waals surface area contributed by atoms with Crippen LogP contribution >= 0.6 is 34.8 Å². The molecule has 2 nitrogen and oxygen atoms in total. The minimum Gasteiger partial charge on any atom is -0.488 e. The number of halogens is 3. The molecule has 5 heteroatoms. The van der Waals surface area contributed by atoms with Gasteiger partial charge in [-0.2, -0.15) is 0 Å². The highest BCUT2D eigenvalue weighted by molar-refractivity contribution is 6.42. The second-order valence-electron chi connectivity index (χ2n) is 4.71. The van der Waals surface area contributed by atoms with Gasteiger partial charge in [0, 0.05) is 17.1 Å². The van der Waals surface area contributed by atoms with Crippen LogP contribution in [0.25, 0.3) is 0 Å². The maximum absolute atomic E-state index is 5.98. The van der Waals surface area contributed by atoms with Crippen LogP contribution in [0.4, 0.5) is 5.69 Å². The molecule has 0 spiro atoms. The summed E-state index contributed by atoms with van der Waals surface area (Å²) in [4.78, 5) is 0. The molecule has 0 radical (unpaired) electrons. The van der Waals surface area contributed by atoms with Crippen LogP contribution in [-0.4, -0.2) is 12.6 Å². The minimum atomic E-state index is 0.0953. The molecule has 104 valence electrons. The van der Waals surface area contributed by atoms with Gasteiger partial charge in [0.1, 0.15) is 11.9 Å². The largest absolute Gasteiger partial charge is 0.488 e. The Balaban J connectivity index is 1.62. The number of benzene rings is 2. The first-order valence-corrected chi connectivity index (χ1v) is 7.39. The Kier molecular flexibility index (Phi) is 3.97. The lowest BCUT2D eigenvalue weighted by molar-refractivity contribution is 0.246. The van der Waals surface area contributed by atoms with Crippen molar-refractivity contribution in [2.75, 3.05) is 11.9 Å². The molecule has 0 saturated heterocycles. The minimum absolute atomic E-state index is 0.0953. The van der Waals surface area contributed by atoms with Crippen LogP contribution in [0.2, 0.25) is 15.1 Å². The van der Waals surface area contributed by atoms with Gasteiger partial charge in [-0.3, -0.25) is 0 Å². The van der Waals surface area contributed by atoms with E-state index in [4.69, 9.17) is 39.5 Å². The van der Waals surface area contributed by atoms with Crippen LogP contribution in [0.3, 0.4) is 0 Å². The normalized spacial score (nSPS) is 16.6. The number of anilines is 1. The molecule has 1 N–H and O–H groups in total. The van der Waals surface area contributed by atoms with Gasteiger partial charge in [-0.15, -0.1) is 0 Å². The van der Waals surface area contributed by atoms with E-state index in [1.807, 2.05) is 30.3 Å². The van der Waals surface area contributed by atoms with Crippen LogP contribution in [0, 0.1) is 0 Å². The molecule has 0 fully saturated rings. The summed E-state index contributed by atoms with van der Waals surface area (Å²) >= 11 is 17.8. The first-order chi connectivity index (χ1) is 9.61. The van der Waals surface area contributed by atoms with Crippen molar-refractivity contribution >= 4 is 40.5 Å². The molecule has 0 bridgehead atoms. The Morgan fingerprint density at radius 2 is 1.90 bits per heavy atom. The molecule has 0 saturated carbocycles. The number of rotatable bonds is 3. The monoisotopic (exact) mass is 327 g/mol. The van der Waals surface area contributed by atoms with Gasteiger partial charge in [0.05, 0.1) is 16.6 Å². The smallest absolute Gasteiger partial charge is 0.123 e.